The van der Waals surface area contributed by atoms with E-state index in [1.807, 2.05) is 45.0 Å². The van der Waals surface area contributed by atoms with Crippen molar-refractivity contribution in [3.8, 4) is 5.75 Å². The van der Waals surface area contributed by atoms with Gasteiger partial charge in [0, 0.05) is 23.5 Å². The number of halogens is 1. The van der Waals surface area contributed by atoms with Crippen molar-refractivity contribution in [2.75, 3.05) is 11.4 Å². The van der Waals surface area contributed by atoms with Crippen LogP contribution in [0, 0.1) is 0 Å². The molecule has 1 aromatic carbocycles. The third-order valence-corrected chi connectivity index (χ3v) is 3.26. The summed E-state index contributed by atoms with van der Waals surface area (Å²) in [6.07, 6.45) is 0.570. The number of hydrogen-bond acceptors (Lipinski definition) is 2. The molecular formula is C14H18BrNO2. The second kappa shape index (κ2) is 4.92. The molecule has 1 aromatic rings. The number of carbonyl (C=O) groups is 1. The molecule has 0 radical (unpaired) electrons. The van der Waals surface area contributed by atoms with E-state index in [1.165, 1.54) is 0 Å². The summed E-state index contributed by atoms with van der Waals surface area (Å²) >= 11 is 3.48. The smallest absolute Gasteiger partial charge is 0.228 e. The molecule has 1 saturated heterocycles. The molecule has 0 spiro atoms. The lowest BCUT2D eigenvalue weighted by molar-refractivity contribution is -0.117. The Kier molecular flexibility index (Phi) is 3.66. The number of rotatable bonds is 2. The van der Waals surface area contributed by atoms with Crippen LogP contribution in [0.25, 0.3) is 0 Å². The molecule has 1 unspecified atom stereocenters. The number of amides is 1. The molecule has 1 aliphatic rings. The van der Waals surface area contributed by atoms with E-state index in [4.69, 9.17) is 4.74 Å². The molecule has 1 amide bonds. The lowest BCUT2D eigenvalue weighted by atomic mass is 10.2. The highest BCUT2D eigenvalue weighted by atomic mass is 79.9. The fourth-order valence-electron chi connectivity index (χ4n) is 1.96. The molecule has 98 valence electrons. The normalized spacial score (nSPS) is 20.3. The van der Waals surface area contributed by atoms with Crippen LogP contribution in [0.15, 0.2) is 24.3 Å². The number of alkyl halides is 1. The number of hydrogen-bond donors (Lipinski definition) is 0. The summed E-state index contributed by atoms with van der Waals surface area (Å²) in [6.45, 7) is 6.78. The minimum absolute atomic E-state index is 0.168. The van der Waals surface area contributed by atoms with Crippen LogP contribution in [0.3, 0.4) is 0 Å². The molecule has 0 aliphatic carbocycles. The van der Waals surface area contributed by atoms with E-state index in [9.17, 15) is 4.79 Å². The fourth-order valence-corrected chi connectivity index (χ4v) is 2.53. The Morgan fingerprint density at radius 2 is 1.89 bits per heavy atom. The van der Waals surface area contributed by atoms with Crippen molar-refractivity contribution in [3.05, 3.63) is 24.3 Å². The first kappa shape index (κ1) is 13.4. The largest absolute Gasteiger partial charge is 0.488 e. The highest BCUT2D eigenvalue weighted by Gasteiger charge is 2.28. The zero-order valence-corrected chi connectivity index (χ0v) is 12.5. The van der Waals surface area contributed by atoms with Gasteiger partial charge in [-0.05, 0) is 45.0 Å². The minimum Gasteiger partial charge on any atom is -0.488 e. The number of benzene rings is 1. The van der Waals surface area contributed by atoms with Gasteiger partial charge in [-0.25, -0.2) is 0 Å². The number of nitrogens with zero attached hydrogens (tertiary/aromatic N) is 1. The van der Waals surface area contributed by atoms with E-state index in [0.717, 1.165) is 18.0 Å². The molecule has 18 heavy (non-hydrogen) atoms. The second-order valence-corrected chi connectivity index (χ2v) is 6.81. The van der Waals surface area contributed by atoms with Gasteiger partial charge in [0.05, 0.1) is 0 Å². The van der Waals surface area contributed by atoms with Gasteiger partial charge in [-0.3, -0.25) is 4.79 Å². The maximum atomic E-state index is 11.8. The Morgan fingerprint density at radius 3 is 2.33 bits per heavy atom. The van der Waals surface area contributed by atoms with Gasteiger partial charge in [-0.2, -0.15) is 0 Å². The maximum Gasteiger partial charge on any atom is 0.228 e. The molecule has 0 bridgehead atoms. The zero-order chi connectivity index (χ0) is 13.3. The van der Waals surface area contributed by atoms with Crippen molar-refractivity contribution in [2.24, 2.45) is 0 Å². The van der Waals surface area contributed by atoms with Gasteiger partial charge >= 0.3 is 0 Å². The van der Waals surface area contributed by atoms with Gasteiger partial charge in [-0.1, -0.05) is 15.9 Å². The quantitative estimate of drug-likeness (QED) is 0.784. The van der Waals surface area contributed by atoms with Crippen molar-refractivity contribution in [3.63, 3.8) is 0 Å². The number of ether oxygens (including phenoxy) is 1. The van der Waals surface area contributed by atoms with E-state index < -0.39 is 0 Å². The summed E-state index contributed by atoms with van der Waals surface area (Å²) in [5, 5.41) is 0. The third kappa shape index (κ3) is 3.25. The van der Waals surface area contributed by atoms with E-state index >= 15 is 0 Å². The van der Waals surface area contributed by atoms with Crippen LogP contribution in [-0.4, -0.2) is 22.9 Å². The SMILES string of the molecule is CC(C)(C)Oc1ccc(N2CC(Br)CC2=O)cc1. The lowest BCUT2D eigenvalue weighted by Crippen LogP contribution is -2.25. The average molecular weight is 312 g/mol. The van der Waals surface area contributed by atoms with Crippen LogP contribution in [0.4, 0.5) is 5.69 Å². The monoisotopic (exact) mass is 311 g/mol. The molecule has 0 N–H and O–H groups in total. The Morgan fingerprint density at radius 1 is 1.28 bits per heavy atom. The Balaban J connectivity index is 2.11. The van der Waals surface area contributed by atoms with Gasteiger partial charge < -0.3 is 9.64 Å². The van der Waals surface area contributed by atoms with Crippen LogP contribution < -0.4 is 9.64 Å². The highest BCUT2D eigenvalue weighted by Crippen LogP contribution is 2.27. The zero-order valence-electron chi connectivity index (χ0n) is 10.9. The average Bonchev–Trinajstić information content (AvgIpc) is 2.57. The first-order valence-electron chi connectivity index (χ1n) is 6.09. The molecule has 3 nitrogen and oxygen atoms in total. The third-order valence-electron chi connectivity index (χ3n) is 2.65. The maximum absolute atomic E-state index is 11.8. The molecule has 2 rings (SSSR count). The van der Waals surface area contributed by atoms with Gasteiger partial charge in [0.2, 0.25) is 5.91 Å². The van der Waals surface area contributed by atoms with Crippen molar-refractivity contribution < 1.29 is 9.53 Å². The van der Waals surface area contributed by atoms with Crippen LogP contribution in [0.5, 0.6) is 5.75 Å². The van der Waals surface area contributed by atoms with Crippen molar-refractivity contribution in [2.45, 2.75) is 37.6 Å². The molecule has 1 fully saturated rings. The Labute approximate surface area is 116 Å². The van der Waals surface area contributed by atoms with E-state index in [0.29, 0.717) is 6.42 Å². The highest BCUT2D eigenvalue weighted by molar-refractivity contribution is 9.09. The first-order chi connectivity index (χ1) is 8.35. The Bertz CT molecular complexity index is 436. The molecule has 0 aromatic heterocycles. The van der Waals surface area contributed by atoms with Crippen LogP contribution in [0.2, 0.25) is 0 Å². The number of anilines is 1. The molecule has 0 saturated carbocycles. The van der Waals surface area contributed by atoms with Gasteiger partial charge in [-0.15, -0.1) is 0 Å². The number of carbonyl (C=O) groups excluding carboxylic acids is 1. The van der Waals surface area contributed by atoms with Gasteiger partial charge in [0.15, 0.2) is 0 Å². The molecule has 1 aliphatic heterocycles. The summed E-state index contributed by atoms with van der Waals surface area (Å²) in [7, 11) is 0. The molecule has 1 heterocycles. The van der Waals surface area contributed by atoms with Crippen LogP contribution in [0.1, 0.15) is 27.2 Å². The summed E-state index contributed by atoms with van der Waals surface area (Å²) in [6, 6.07) is 7.69. The summed E-state index contributed by atoms with van der Waals surface area (Å²) in [4.78, 5) is 13.8. The van der Waals surface area contributed by atoms with Crippen molar-refractivity contribution in [1.82, 2.24) is 0 Å². The second-order valence-electron chi connectivity index (χ2n) is 5.51. The molecule has 4 heteroatoms. The predicted molar refractivity (Wildman–Crippen MR) is 76.5 cm³/mol. The first-order valence-corrected chi connectivity index (χ1v) is 7.00. The Hall–Kier alpha value is -1.03. The minimum atomic E-state index is -0.202. The van der Waals surface area contributed by atoms with E-state index in [2.05, 4.69) is 15.9 Å². The summed E-state index contributed by atoms with van der Waals surface area (Å²) in [5.41, 5.74) is 0.731. The molecule has 1 atom stereocenters. The van der Waals surface area contributed by atoms with Crippen molar-refractivity contribution >= 4 is 27.5 Å². The fraction of sp³-hybridized carbons (Fsp3) is 0.500. The van der Waals surface area contributed by atoms with Crippen molar-refractivity contribution in [1.29, 1.82) is 0 Å². The standard InChI is InChI=1S/C14H18BrNO2/c1-14(2,3)18-12-6-4-11(5-7-12)16-9-10(15)8-13(16)17/h4-7,10H,8-9H2,1-3H3. The topological polar surface area (TPSA) is 29.5 Å². The van der Waals surface area contributed by atoms with Gasteiger partial charge in [0.1, 0.15) is 11.4 Å². The van der Waals surface area contributed by atoms with E-state index in [-0.39, 0.29) is 16.3 Å². The summed E-state index contributed by atoms with van der Waals surface area (Å²) in [5.74, 6) is 0.995. The van der Waals surface area contributed by atoms with Crippen LogP contribution >= 0.6 is 15.9 Å². The van der Waals surface area contributed by atoms with Crippen LogP contribution in [-0.2, 0) is 4.79 Å². The molecular weight excluding hydrogens is 294 g/mol. The van der Waals surface area contributed by atoms with Gasteiger partial charge in [0.25, 0.3) is 0 Å². The predicted octanol–water partition coefficient (Wildman–Crippen LogP) is 3.36. The van der Waals surface area contributed by atoms with E-state index in [1.54, 1.807) is 4.90 Å². The lowest BCUT2D eigenvalue weighted by Gasteiger charge is -2.22. The summed E-state index contributed by atoms with van der Waals surface area (Å²) < 4.78 is 5.75.